The quantitative estimate of drug-likeness (QED) is 0.148. The van der Waals surface area contributed by atoms with Gasteiger partial charge < -0.3 is 23.5 Å². The highest BCUT2D eigenvalue weighted by molar-refractivity contribution is 7.00. The first-order valence-electron chi connectivity index (χ1n) is 40.7. The van der Waals surface area contributed by atoms with Crippen molar-refractivity contribution in [3.05, 3.63) is 301 Å². The summed E-state index contributed by atoms with van der Waals surface area (Å²) in [5, 5.41) is 4.62. The van der Waals surface area contributed by atoms with E-state index in [2.05, 4.69) is 341 Å². The van der Waals surface area contributed by atoms with Gasteiger partial charge in [-0.15, -0.1) is 0 Å². The first kappa shape index (κ1) is 56.5. The zero-order valence-electron chi connectivity index (χ0n) is 70.2. The minimum atomic E-state index is -0.490. The van der Waals surface area contributed by atoms with E-state index in [9.17, 15) is 8.22 Å². The third kappa shape index (κ3) is 10.3. The topological polar surface area (TPSA) is 21.3 Å². The van der Waals surface area contributed by atoms with Crippen LogP contribution in [0.5, 0.6) is 0 Å². The summed E-state index contributed by atoms with van der Waals surface area (Å²) in [7, 11) is 0. The Balaban J connectivity index is 0.994. The van der Waals surface area contributed by atoms with Gasteiger partial charge in [-0.2, -0.15) is 0 Å². The van der Waals surface area contributed by atoms with Crippen LogP contribution in [0, 0.1) is 0 Å². The molecule has 104 heavy (non-hydrogen) atoms. The van der Waals surface area contributed by atoms with Gasteiger partial charge in [0.25, 0.3) is 6.71 Å². The average molecular weight is 1360 g/mol. The Kier molecular flexibility index (Phi) is 12.6. The zero-order chi connectivity index (χ0) is 78.8. The Morgan fingerprint density at radius 1 is 0.260 bits per heavy atom. The minimum absolute atomic E-state index is 0.0231. The van der Waals surface area contributed by atoms with E-state index in [0.29, 0.717) is 5.69 Å². The fraction of sp³-hybridized carbons (Fsp3) is 0.204. The van der Waals surface area contributed by atoms with Gasteiger partial charge in [0.05, 0.1) is 55.4 Å². The molecule has 0 spiro atoms. The molecule has 0 N–H and O–H groups in total. The molecular formula is C98H90BN5. The van der Waals surface area contributed by atoms with E-state index in [4.69, 9.17) is 2.74 Å². The van der Waals surface area contributed by atoms with Crippen molar-refractivity contribution in [2.75, 3.05) is 9.80 Å². The fourth-order valence-corrected chi connectivity index (χ4v) is 16.6. The van der Waals surface area contributed by atoms with E-state index in [0.717, 1.165) is 139 Å². The molecule has 2 aliphatic heterocycles. The Hall–Kier alpha value is -11.1. The van der Waals surface area contributed by atoms with Gasteiger partial charge >= 0.3 is 0 Å². The SMILES string of the molecule is [2H]c1c([2H])c([2H])c2c(c1[2H])c1c([2H])c([2H])c([2H])c([2H])c1n2-c1ccc2c(c1)N(c1ccc(C(C)(C)C)cc1-c1ccc(C(C)(C)C)cc1)c1cc(C(C)(C)C)cc3c1B2c1ccc(-n2c4ccccc4c4cc5c(cc42)c2ccccc2n5-c2ccccc2)cc1N3c1ccc(C(C)(C)C)cc1-c1ccc(C(C)(C)C)cc1. The van der Waals surface area contributed by atoms with E-state index in [1.807, 2.05) is 6.07 Å². The monoisotopic (exact) mass is 1360 g/mol. The van der Waals surface area contributed by atoms with Crippen LogP contribution < -0.4 is 26.2 Å². The summed E-state index contributed by atoms with van der Waals surface area (Å²) in [6.45, 7) is 33.6. The summed E-state index contributed by atoms with van der Waals surface area (Å²) in [5.41, 5.74) is 24.8. The number of benzene rings is 13. The number of hydrogen-bond acceptors (Lipinski definition) is 2. The minimum Gasteiger partial charge on any atom is -0.311 e. The van der Waals surface area contributed by atoms with Gasteiger partial charge in [0, 0.05) is 83.3 Å². The van der Waals surface area contributed by atoms with Gasteiger partial charge in [-0.3, -0.25) is 0 Å². The van der Waals surface area contributed by atoms with E-state index < -0.39 is 36.3 Å². The Morgan fingerprint density at radius 2 is 0.635 bits per heavy atom. The molecule has 13 aromatic carbocycles. The highest BCUT2D eigenvalue weighted by atomic mass is 15.2. The summed E-state index contributed by atoms with van der Waals surface area (Å²) >= 11 is 0. The number of aromatic nitrogens is 3. The van der Waals surface area contributed by atoms with Crippen LogP contribution in [0.3, 0.4) is 0 Å². The van der Waals surface area contributed by atoms with Crippen LogP contribution in [-0.2, 0) is 27.1 Å². The largest absolute Gasteiger partial charge is 0.311 e. The summed E-state index contributed by atoms with van der Waals surface area (Å²) in [6.07, 6.45) is 0. The number of anilines is 6. The lowest BCUT2D eigenvalue weighted by atomic mass is 9.33. The van der Waals surface area contributed by atoms with Crippen LogP contribution >= 0.6 is 0 Å². The van der Waals surface area contributed by atoms with Crippen LogP contribution in [0.2, 0.25) is 0 Å². The van der Waals surface area contributed by atoms with Crippen LogP contribution in [0.1, 0.15) is 143 Å². The first-order valence-corrected chi connectivity index (χ1v) is 36.7. The van der Waals surface area contributed by atoms with Crippen molar-refractivity contribution in [1.29, 1.82) is 0 Å². The molecule has 0 saturated heterocycles. The van der Waals surface area contributed by atoms with Gasteiger partial charge in [-0.05, 0) is 192 Å². The van der Waals surface area contributed by atoms with Crippen LogP contribution in [0.4, 0.5) is 34.1 Å². The Labute approximate surface area is 624 Å². The molecule has 0 aliphatic carbocycles. The smallest absolute Gasteiger partial charge is 0.252 e. The predicted octanol–water partition coefficient (Wildman–Crippen LogP) is 24.9. The number of para-hydroxylation sites is 5. The molecule has 6 heteroatoms. The molecular weight excluding hydrogens is 1260 g/mol. The second kappa shape index (κ2) is 23.2. The third-order valence-corrected chi connectivity index (χ3v) is 22.3. The molecule has 0 atom stereocenters. The maximum Gasteiger partial charge on any atom is 0.252 e. The number of nitrogens with zero attached hydrogens (tertiary/aromatic N) is 5. The predicted molar refractivity (Wildman–Crippen MR) is 448 cm³/mol. The second-order valence-electron chi connectivity index (χ2n) is 34.1. The molecule has 0 amide bonds. The highest BCUT2D eigenvalue weighted by Gasteiger charge is 2.46. The fourth-order valence-electron chi connectivity index (χ4n) is 16.6. The van der Waals surface area contributed by atoms with Gasteiger partial charge in [0.1, 0.15) is 0 Å². The molecule has 18 rings (SSSR count). The van der Waals surface area contributed by atoms with Crippen LogP contribution in [0.25, 0.3) is 105 Å². The molecule has 0 radical (unpaired) electrons. The lowest BCUT2D eigenvalue weighted by Crippen LogP contribution is -2.61. The molecule has 5 heterocycles. The molecule has 510 valence electrons. The summed E-state index contributed by atoms with van der Waals surface area (Å²) in [6, 6.07) is 80.0. The molecule has 3 aromatic heterocycles. The van der Waals surface area contributed by atoms with E-state index >= 15 is 0 Å². The first-order chi connectivity index (χ1) is 53.1. The molecule has 2 aliphatic rings. The lowest BCUT2D eigenvalue weighted by Gasteiger charge is -2.46. The average Bonchev–Trinajstić information content (AvgIpc) is 0.898. The molecule has 5 nitrogen and oxygen atoms in total. The van der Waals surface area contributed by atoms with Crippen LogP contribution in [-0.4, -0.2) is 20.4 Å². The summed E-state index contributed by atoms with van der Waals surface area (Å²) < 4.78 is 81.9. The summed E-state index contributed by atoms with van der Waals surface area (Å²) in [5.74, 6) is 0. The molecule has 0 bridgehead atoms. The van der Waals surface area contributed by atoms with Crippen molar-refractivity contribution in [3.8, 4) is 39.3 Å². The van der Waals surface area contributed by atoms with Crippen molar-refractivity contribution in [1.82, 2.24) is 13.7 Å². The molecule has 0 unspecified atom stereocenters. The lowest BCUT2D eigenvalue weighted by molar-refractivity contribution is 0.589. The molecule has 0 fully saturated rings. The van der Waals surface area contributed by atoms with E-state index in [1.54, 1.807) is 4.57 Å². The van der Waals surface area contributed by atoms with Crippen molar-refractivity contribution in [2.24, 2.45) is 0 Å². The van der Waals surface area contributed by atoms with Crippen LogP contribution in [0.15, 0.2) is 273 Å². The normalized spacial score (nSPS) is 14.5. The maximum absolute atomic E-state index is 9.81. The third-order valence-electron chi connectivity index (χ3n) is 22.3. The van der Waals surface area contributed by atoms with Crippen molar-refractivity contribution in [3.63, 3.8) is 0 Å². The highest BCUT2D eigenvalue weighted by Crippen LogP contribution is 2.53. The Morgan fingerprint density at radius 3 is 1.06 bits per heavy atom. The number of rotatable bonds is 7. The Bertz CT molecular complexity index is 6610. The van der Waals surface area contributed by atoms with Gasteiger partial charge in [0.15, 0.2) is 0 Å². The van der Waals surface area contributed by atoms with Crippen molar-refractivity contribution < 1.29 is 11.0 Å². The standard InChI is InChI=1S/C98H90BN5/c1-94(2,3)63-41-37-61(38-42-63)75-53-65(96(7,8)9)45-51-85(75)103-89-57-69(101-81-33-23-19-29-71(81)72-30-20-24-34-82(72)101)47-49-79(89)99-80-50-48-70(102-84-36-26-22-32-74(84)78-59-87-77(60-88(78)102)73-31-21-25-35-83(73)100(87)68-27-17-16-18-28-68)58-90(80)104(92-56-67(98(13,14)15)55-91(103)93(92)99)86-52-46-66(97(10,11)12)54-76(86)62-39-43-64(44-40-62)95(4,5)6/h16-60H,1-15H3/i19D,20D,23D,24D,29D,30D,33D,34D. The maximum atomic E-state index is 9.81. The molecule has 0 saturated carbocycles. The van der Waals surface area contributed by atoms with Gasteiger partial charge in [-0.1, -0.05) is 268 Å². The van der Waals surface area contributed by atoms with E-state index in [-0.39, 0.29) is 67.6 Å². The van der Waals surface area contributed by atoms with Gasteiger partial charge in [-0.25, -0.2) is 0 Å². The number of fused-ring (bicyclic) bond motifs is 13. The summed E-state index contributed by atoms with van der Waals surface area (Å²) in [4.78, 5) is 5.01. The number of hydrogen-bond donors (Lipinski definition) is 0. The van der Waals surface area contributed by atoms with E-state index in [1.165, 1.54) is 16.7 Å². The van der Waals surface area contributed by atoms with Crippen molar-refractivity contribution in [2.45, 2.75) is 131 Å². The van der Waals surface area contributed by atoms with Gasteiger partial charge in [0.2, 0.25) is 0 Å². The zero-order valence-corrected chi connectivity index (χ0v) is 62.2. The second-order valence-corrected chi connectivity index (χ2v) is 34.1. The van der Waals surface area contributed by atoms with Crippen molar-refractivity contribution >= 4 is 123 Å². The molecule has 16 aromatic rings.